The third-order valence-electron chi connectivity index (χ3n) is 4.86. The highest BCUT2D eigenvalue weighted by molar-refractivity contribution is 7.99. The molecule has 0 spiro atoms. The number of hydrogen-bond acceptors (Lipinski definition) is 5. The normalized spacial score (nSPS) is 15.9. The first-order valence-corrected chi connectivity index (χ1v) is 11.4. The summed E-state index contributed by atoms with van der Waals surface area (Å²) in [7, 11) is 2.14. The van der Waals surface area contributed by atoms with Crippen molar-refractivity contribution in [3.05, 3.63) is 40.3 Å². The lowest BCUT2D eigenvalue weighted by molar-refractivity contribution is -0.895. The predicted molar refractivity (Wildman–Crippen MR) is 114 cm³/mol. The Morgan fingerprint density at radius 1 is 1.38 bits per heavy atom. The smallest absolute Gasteiger partial charge is 0.341 e. The minimum Gasteiger partial charge on any atom is -0.462 e. The van der Waals surface area contributed by atoms with Crippen molar-refractivity contribution < 1.29 is 24.2 Å². The lowest BCUT2D eigenvalue weighted by Gasteiger charge is -2.19. The van der Waals surface area contributed by atoms with Gasteiger partial charge in [-0.3, -0.25) is 4.79 Å². The second kappa shape index (κ2) is 8.56. The number of nitrogens with one attached hydrogen (secondary N) is 4. The number of fused-ring (bicyclic) bond motifs is 2. The summed E-state index contributed by atoms with van der Waals surface area (Å²) in [6.07, 6.45) is 0.820. The van der Waals surface area contributed by atoms with Crippen LogP contribution in [0.1, 0.15) is 27.7 Å². The van der Waals surface area contributed by atoms with Crippen LogP contribution in [0.5, 0.6) is 0 Å². The molecular weight excluding hydrogens is 408 g/mol. The Labute approximate surface area is 176 Å². The van der Waals surface area contributed by atoms with Crippen LogP contribution in [0.3, 0.4) is 0 Å². The number of benzene rings is 1. The monoisotopic (exact) mass is 432 g/mol. The Morgan fingerprint density at radius 2 is 2.21 bits per heavy atom. The van der Waals surface area contributed by atoms with Crippen LogP contribution >= 0.6 is 23.1 Å². The molecule has 1 aliphatic heterocycles. The number of rotatable bonds is 6. The van der Waals surface area contributed by atoms with Gasteiger partial charge in [0.1, 0.15) is 11.5 Å². The Morgan fingerprint density at radius 3 is 3.00 bits per heavy atom. The summed E-state index contributed by atoms with van der Waals surface area (Å²) in [6.45, 7) is 3.94. The van der Waals surface area contributed by atoms with Crippen LogP contribution in [-0.2, 0) is 22.5 Å². The van der Waals surface area contributed by atoms with Crippen molar-refractivity contribution in [2.45, 2.75) is 25.0 Å². The number of aromatic nitrogens is 2. The average Bonchev–Trinajstić information content (AvgIpc) is 3.26. The molecule has 1 unspecified atom stereocenters. The van der Waals surface area contributed by atoms with E-state index in [0.717, 1.165) is 46.1 Å². The highest BCUT2D eigenvalue weighted by atomic mass is 32.2. The van der Waals surface area contributed by atoms with E-state index in [4.69, 9.17) is 4.74 Å². The number of hydrogen-bond donors (Lipinski definition) is 3. The molecule has 9 heteroatoms. The third-order valence-corrected chi connectivity index (χ3v) is 6.91. The van der Waals surface area contributed by atoms with E-state index in [0.29, 0.717) is 17.2 Å². The minimum absolute atomic E-state index is 0.146. The number of aromatic amines is 2. The van der Waals surface area contributed by atoms with Crippen LogP contribution in [0.4, 0.5) is 5.00 Å². The maximum absolute atomic E-state index is 12.6. The lowest BCUT2D eigenvalue weighted by Crippen LogP contribution is -3.08. The first-order chi connectivity index (χ1) is 14.0. The number of likely N-dealkylation sites (N-methyl/N-ethyl adjacent to an activating group) is 1. The standard InChI is InChI=1S/C20H22N4O3S2/c1-3-27-19(26)17-12-8-9-24(2)10-15(12)29-18(17)23-16(25)11-28-20-21-13-6-4-5-7-14(13)22-20/h4-7H,3,8-11H2,1-2H3,(H,21,22)(H,23,25)/p+2. The quantitative estimate of drug-likeness (QED) is 0.407. The largest absolute Gasteiger partial charge is 0.462 e. The molecule has 7 nitrogen and oxygen atoms in total. The lowest BCUT2D eigenvalue weighted by atomic mass is 10.0. The highest BCUT2D eigenvalue weighted by Crippen LogP contribution is 2.35. The third kappa shape index (κ3) is 4.31. The summed E-state index contributed by atoms with van der Waals surface area (Å²) >= 11 is 2.89. The van der Waals surface area contributed by atoms with E-state index in [2.05, 4.69) is 22.3 Å². The molecule has 0 saturated heterocycles. The van der Waals surface area contributed by atoms with Crippen molar-refractivity contribution in [3.63, 3.8) is 0 Å². The highest BCUT2D eigenvalue weighted by Gasteiger charge is 2.30. The molecular formula is C20H24N4O3S2+2. The zero-order chi connectivity index (χ0) is 20.4. The summed E-state index contributed by atoms with van der Waals surface area (Å²) in [5.41, 5.74) is 3.57. The van der Waals surface area contributed by atoms with Gasteiger partial charge in [-0.2, -0.15) is 0 Å². The number of carbonyl (C=O) groups is 2. The van der Waals surface area contributed by atoms with Crippen molar-refractivity contribution in [3.8, 4) is 0 Å². The Bertz CT molecular complexity index is 1030. The van der Waals surface area contributed by atoms with Crippen LogP contribution in [0.25, 0.3) is 11.0 Å². The molecule has 0 bridgehead atoms. The molecule has 3 heterocycles. The topological polar surface area (TPSA) is 89.8 Å². The van der Waals surface area contributed by atoms with Gasteiger partial charge in [-0.15, -0.1) is 11.3 Å². The van der Waals surface area contributed by atoms with Crippen LogP contribution in [0, 0.1) is 0 Å². The second-order valence-corrected chi connectivity index (χ2v) is 9.11. The molecule has 0 aliphatic carbocycles. The van der Waals surface area contributed by atoms with Gasteiger partial charge in [0.15, 0.2) is 11.0 Å². The Balaban J connectivity index is 1.48. The number of ether oxygens (including phenoxy) is 1. The molecule has 1 amide bonds. The SMILES string of the molecule is CCOC(=O)c1c(NC(=O)CSc2[nH]c3ccccc3[nH+]2)sc2c1CC[NH+](C)C2. The summed E-state index contributed by atoms with van der Waals surface area (Å²) in [5.74, 6) is -0.261. The molecule has 1 aromatic carbocycles. The molecule has 1 aliphatic rings. The van der Waals surface area contributed by atoms with Gasteiger partial charge in [0.2, 0.25) is 5.91 Å². The number of imidazole rings is 1. The van der Waals surface area contributed by atoms with Crippen LogP contribution in [0.2, 0.25) is 0 Å². The van der Waals surface area contributed by atoms with Gasteiger partial charge in [-0.05, 0) is 36.4 Å². The van der Waals surface area contributed by atoms with Crippen molar-refractivity contribution in [2.75, 3.05) is 31.3 Å². The summed E-state index contributed by atoms with van der Waals surface area (Å²) in [6, 6.07) is 7.89. The van der Waals surface area contributed by atoms with E-state index in [1.165, 1.54) is 28.0 Å². The number of H-pyrrole nitrogens is 2. The molecule has 0 radical (unpaired) electrons. The van der Waals surface area contributed by atoms with E-state index in [9.17, 15) is 9.59 Å². The number of esters is 1. The zero-order valence-electron chi connectivity index (χ0n) is 16.4. The van der Waals surface area contributed by atoms with Gasteiger partial charge in [-0.1, -0.05) is 12.1 Å². The Kier molecular flexibility index (Phi) is 5.89. The summed E-state index contributed by atoms with van der Waals surface area (Å²) in [4.78, 5) is 34.2. The molecule has 2 aromatic heterocycles. The molecule has 152 valence electrons. The number of anilines is 1. The van der Waals surface area contributed by atoms with E-state index < -0.39 is 0 Å². The van der Waals surface area contributed by atoms with Gasteiger partial charge in [0.05, 0.1) is 36.4 Å². The first-order valence-electron chi connectivity index (χ1n) is 9.60. The van der Waals surface area contributed by atoms with Crippen molar-refractivity contribution in [1.82, 2.24) is 4.98 Å². The van der Waals surface area contributed by atoms with Crippen LogP contribution in [-0.4, -0.2) is 42.8 Å². The minimum atomic E-state index is -0.351. The molecule has 29 heavy (non-hydrogen) atoms. The van der Waals surface area contributed by atoms with Gasteiger partial charge < -0.3 is 15.0 Å². The maximum Gasteiger partial charge on any atom is 0.341 e. The fourth-order valence-corrected chi connectivity index (χ4v) is 5.55. The first kappa shape index (κ1) is 19.9. The second-order valence-electron chi connectivity index (χ2n) is 7.02. The summed E-state index contributed by atoms with van der Waals surface area (Å²) < 4.78 is 5.26. The average molecular weight is 433 g/mol. The number of thioether (sulfide) groups is 1. The molecule has 0 fully saturated rings. The van der Waals surface area contributed by atoms with Crippen LogP contribution in [0.15, 0.2) is 29.4 Å². The van der Waals surface area contributed by atoms with Gasteiger partial charge in [-0.25, -0.2) is 14.8 Å². The van der Waals surface area contributed by atoms with Crippen molar-refractivity contribution in [2.24, 2.45) is 0 Å². The number of carbonyl (C=O) groups excluding carboxylic acids is 2. The van der Waals surface area contributed by atoms with Gasteiger partial charge in [0, 0.05) is 6.42 Å². The van der Waals surface area contributed by atoms with E-state index in [1.54, 1.807) is 6.92 Å². The predicted octanol–water partition coefficient (Wildman–Crippen LogP) is 1.52. The molecule has 3 aromatic rings. The zero-order valence-corrected chi connectivity index (χ0v) is 18.0. The number of para-hydroxylation sites is 2. The number of thiophene rings is 1. The number of quaternary nitrogens is 1. The van der Waals surface area contributed by atoms with Crippen molar-refractivity contribution in [1.29, 1.82) is 0 Å². The van der Waals surface area contributed by atoms with Gasteiger partial charge >= 0.3 is 11.1 Å². The summed E-state index contributed by atoms with van der Waals surface area (Å²) in [5, 5.41) is 4.37. The fourth-order valence-electron chi connectivity index (χ4n) is 3.48. The Hall–Kier alpha value is -2.36. The van der Waals surface area contributed by atoms with E-state index in [-0.39, 0.29) is 17.6 Å². The van der Waals surface area contributed by atoms with E-state index >= 15 is 0 Å². The molecule has 1 atom stereocenters. The van der Waals surface area contributed by atoms with E-state index in [1.807, 2.05) is 24.3 Å². The van der Waals surface area contributed by atoms with Crippen LogP contribution < -0.4 is 15.2 Å². The van der Waals surface area contributed by atoms with Gasteiger partial charge in [0.25, 0.3) is 0 Å². The number of amides is 1. The fraction of sp³-hybridized carbons (Fsp3) is 0.350. The molecule has 0 saturated carbocycles. The maximum atomic E-state index is 12.6. The molecule has 4 rings (SSSR count). The van der Waals surface area contributed by atoms with Crippen molar-refractivity contribution >= 4 is 51.0 Å². The molecule has 4 N–H and O–H groups in total.